The highest BCUT2D eigenvalue weighted by atomic mass is 32.1. The third-order valence-corrected chi connectivity index (χ3v) is 3.17. The zero-order valence-electron chi connectivity index (χ0n) is 7.53. The van der Waals surface area contributed by atoms with Gasteiger partial charge in [0.1, 0.15) is 0 Å². The molecule has 2 rings (SSSR count). The van der Waals surface area contributed by atoms with E-state index in [-0.39, 0.29) is 0 Å². The van der Waals surface area contributed by atoms with Gasteiger partial charge >= 0.3 is 0 Å². The summed E-state index contributed by atoms with van der Waals surface area (Å²) >= 11 is 1.82. The summed E-state index contributed by atoms with van der Waals surface area (Å²) in [5, 5.41) is 5.41. The molecule has 0 aliphatic carbocycles. The highest BCUT2D eigenvalue weighted by molar-refractivity contribution is 7.10. The van der Waals surface area contributed by atoms with Gasteiger partial charge in [-0.3, -0.25) is 0 Å². The van der Waals surface area contributed by atoms with Crippen molar-refractivity contribution in [3.63, 3.8) is 0 Å². The van der Waals surface area contributed by atoms with Gasteiger partial charge in [-0.15, -0.1) is 11.3 Å². The molecule has 2 nitrogen and oxygen atoms in total. The molecule has 0 fully saturated rings. The lowest BCUT2D eigenvalue weighted by molar-refractivity contribution is 0.793. The molecule has 0 saturated heterocycles. The molecule has 1 aliphatic heterocycles. The largest absolute Gasteiger partial charge is 0.366 e. The van der Waals surface area contributed by atoms with Crippen LogP contribution in [0.15, 0.2) is 28.7 Å². The average Bonchev–Trinajstić information content (AvgIpc) is 2.67. The second kappa shape index (κ2) is 3.75. The second-order valence-electron chi connectivity index (χ2n) is 2.96. The Bertz CT molecular complexity index is 338. The minimum atomic E-state index is 0.314. The summed E-state index contributed by atoms with van der Waals surface area (Å²) < 4.78 is 0. The number of thiophene rings is 1. The van der Waals surface area contributed by atoms with Crippen molar-refractivity contribution in [2.75, 3.05) is 0 Å². The Kier molecular flexibility index (Phi) is 2.45. The van der Waals surface area contributed by atoms with Crippen LogP contribution < -0.4 is 5.32 Å². The Balaban J connectivity index is 2.16. The fourth-order valence-electron chi connectivity index (χ4n) is 1.31. The van der Waals surface area contributed by atoms with Crippen LogP contribution in [0, 0.1) is 0 Å². The molecule has 1 atom stereocenters. The zero-order valence-corrected chi connectivity index (χ0v) is 8.34. The fraction of sp³-hybridized carbons (Fsp3) is 0.300. The van der Waals surface area contributed by atoms with E-state index in [1.54, 1.807) is 6.34 Å². The summed E-state index contributed by atoms with van der Waals surface area (Å²) in [5.41, 5.74) is 1.34. The Morgan fingerprint density at radius 1 is 1.62 bits per heavy atom. The van der Waals surface area contributed by atoms with Crippen LogP contribution in [-0.4, -0.2) is 6.34 Å². The Hall–Kier alpha value is -1.09. The molecule has 1 aliphatic rings. The highest BCUT2D eigenvalue weighted by Crippen LogP contribution is 2.22. The molecule has 1 aromatic heterocycles. The standard InChI is InChI=1S/C10H12N2S/c1-2-9-5-8(6-13-9)10-3-4-11-7-12-10/h3-7,10H,2H2,1H3,(H,11,12). The molecule has 1 unspecified atom stereocenters. The van der Waals surface area contributed by atoms with Gasteiger partial charge in [0.15, 0.2) is 0 Å². The first-order chi connectivity index (χ1) is 6.40. The van der Waals surface area contributed by atoms with Crippen LogP contribution in [0.5, 0.6) is 0 Å². The fourth-order valence-corrected chi connectivity index (χ4v) is 2.18. The SMILES string of the molecule is CCc1cc(C2C=CN=CN2)cs1. The number of aryl methyl sites for hydroxylation is 1. The van der Waals surface area contributed by atoms with Crippen molar-refractivity contribution in [2.45, 2.75) is 19.4 Å². The molecule has 0 spiro atoms. The monoisotopic (exact) mass is 192 g/mol. The number of aliphatic imine (C=N–C) groups is 1. The summed E-state index contributed by atoms with van der Waals surface area (Å²) in [7, 11) is 0. The molecule has 2 heterocycles. The maximum atomic E-state index is 3.97. The summed E-state index contributed by atoms with van der Waals surface area (Å²) in [5.74, 6) is 0. The molecule has 0 aromatic carbocycles. The third kappa shape index (κ3) is 1.80. The van der Waals surface area contributed by atoms with Crippen molar-refractivity contribution in [3.05, 3.63) is 34.2 Å². The summed E-state index contributed by atoms with van der Waals surface area (Å²) in [6.07, 6.45) is 6.77. The first kappa shape index (κ1) is 8.51. The van der Waals surface area contributed by atoms with Crippen molar-refractivity contribution in [1.82, 2.24) is 5.32 Å². The van der Waals surface area contributed by atoms with E-state index < -0.39 is 0 Å². The van der Waals surface area contributed by atoms with Gasteiger partial charge in [0.2, 0.25) is 0 Å². The van der Waals surface area contributed by atoms with E-state index in [0.717, 1.165) is 6.42 Å². The van der Waals surface area contributed by atoms with Gasteiger partial charge in [-0.2, -0.15) is 0 Å². The molecule has 1 aromatic rings. The number of hydrogen-bond acceptors (Lipinski definition) is 3. The molecule has 0 radical (unpaired) electrons. The summed E-state index contributed by atoms with van der Waals surface area (Å²) in [4.78, 5) is 5.40. The Labute approximate surface area is 82.0 Å². The zero-order chi connectivity index (χ0) is 9.10. The third-order valence-electron chi connectivity index (χ3n) is 2.07. The van der Waals surface area contributed by atoms with Crippen LogP contribution in [0.4, 0.5) is 0 Å². The van der Waals surface area contributed by atoms with Crippen molar-refractivity contribution in [2.24, 2.45) is 4.99 Å². The molecule has 68 valence electrons. The van der Waals surface area contributed by atoms with Gasteiger partial charge in [0, 0.05) is 11.1 Å². The number of nitrogens with zero attached hydrogens (tertiary/aromatic N) is 1. The van der Waals surface area contributed by atoms with E-state index in [1.807, 2.05) is 17.5 Å². The maximum absolute atomic E-state index is 3.97. The predicted octanol–water partition coefficient (Wildman–Crippen LogP) is 2.50. The Morgan fingerprint density at radius 3 is 3.15 bits per heavy atom. The molecule has 0 amide bonds. The van der Waals surface area contributed by atoms with Gasteiger partial charge in [-0.1, -0.05) is 6.92 Å². The van der Waals surface area contributed by atoms with Crippen molar-refractivity contribution in [1.29, 1.82) is 0 Å². The lowest BCUT2D eigenvalue weighted by Gasteiger charge is -2.12. The average molecular weight is 192 g/mol. The maximum Gasteiger partial charge on any atom is 0.0886 e. The van der Waals surface area contributed by atoms with Crippen molar-refractivity contribution >= 4 is 17.7 Å². The van der Waals surface area contributed by atoms with Crippen LogP contribution in [0.3, 0.4) is 0 Å². The number of nitrogens with one attached hydrogen (secondary N) is 1. The lowest BCUT2D eigenvalue weighted by Crippen LogP contribution is -2.18. The molecule has 0 bridgehead atoms. The highest BCUT2D eigenvalue weighted by Gasteiger charge is 2.09. The lowest BCUT2D eigenvalue weighted by atomic mass is 10.1. The summed E-state index contributed by atoms with van der Waals surface area (Å²) in [6.45, 7) is 2.18. The van der Waals surface area contributed by atoms with Crippen LogP contribution in [0.1, 0.15) is 23.4 Å². The van der Waals surface area contributed by atoms with Gasteiger partial charge < -0.3 is 5.32 Å². The second-order valence-corrected chi connectivity index (χ2v) is 3.96. The molecular weight excluding hydrogens is 180 g/mol. The number of hydrogen-bond donors (Lipinski definition) is 1. The molecule has 13 heavy (non-hydrogen) atoms. The van der Waals surface area contributed by atoms with E-state index in [0.29, 0.717) is 6.04 Å². The van der Waals surface area contributed by atoms with Crippen molar-refractivity contribution < 1.29 is 0 Å². The van der Waals surface area contributed by atoms with Gasteiger partial charge in [-0.05, 0) is 29.5 Å². The molecule has 3 heteroatoms. The van der Waals surface area contributed by atoms with Crippen LogP contribution in [-0.2, 0) is 6.42 Å². The minimum Gasteiger partial charge on any atom is -0.366 e. The van der Waals surface area contributed by atoms with E-state index in [4.69, 9.17) is 0 Å². The first-order valence-corrected chi connectivity index (χ1v) is 5.30. The van der Waals surface area contributed by atoms with Crippen LogP contribution >= 0.6 is 11.3 Å². The van der Waals surface area contributed by atoms with E-state index in [9.17, 15) is 0 Å². The predicted molar refractivity (Wildman–Crippen MR) is 57.2 cm³/mol. The quantitative estimate of drug-likeness (QED) is 0.765. The molecule has 0 saturated carbocycles. The molecular formula is C10H12N2S. The van der Waals surface area contributed by atoms with Crippen LogP contribution in [0.2, 0.25) is 0 Å². The van der Waals surface area contributed by atoms with Crippen molar-refractivity contribution in [3.8, 4) is 0 Å². The smallest absolute Gasteiger partial charge is 0.0886 e. The van der Waals surface area contributed by atoms with E-state index in [2.05, 4.69) is 34.8 Å². The molecule has 1 N–H and O–H groups in total. The van der Waals surface area contributed by atoms with E-state index in [1.165, 1.54) is 10.4 Å². The normalized spacial score (nSPS) is 20.2. The number of rotatable bonds is 2. The van der Waals surface area contributed by atoms with Crippen LogP contribution in [0.25, 0.3) is 0 Å². The first-order valence-electron chi connectivity index (χ1n) is 4.42. The van der Waals surface area contributed by atoms with Gasteiger partial charge in [0.25, 0.3) is 0 Å². The van der Waals surface area contributed by atoms with E-state index >= 15 is 0 Å². The Morgan fingerprint density at radius 2 is 2.54 bits per heavy atom. The topological polar surface area (TPSA) is 24.4 Å². The summed E-state index contributed by atoms with van der Waals surface area (Å²) in [6, 6.07) is 2.57. The van der Waals surface area contributed by atoms with Gasteiger partial charge in [-0.25, -0.2) is 4.99 Å². The van der Waals surface area contributed by atoms with Gasteiger partial charge in [0.05, 0.1) is 12.4 Å². The minimum absolute atomic E-state index is 0.314.